The van der Waals surface area contributed by atoms with Crippen LogP contribution in [0.2, 0.25) is 0 Å². The summed E-state index contributed by atoms with van der Waals surface area (Å²) >= 11 is 1.55. The fraction of sp³-hybridized carbons (Fsp3) is 0.659. The second-order valence-corrected chi connectivity index (χ2v) is 16.6. The summed E-state index contributed by atoms with van der Waals surface area (Å²) in [7, 11) is 4.80. The standard InChI is InChI=1S/C41H58O12S/c1-22-23(2)47-24(3)30(29(22)44-9)52-39-36(54-28-20-16-13-17-21-28)34(46-11)32(26(5)49-39)51-38-35(53-40(43)41(6,7)8)33(45-10)31(25(4)48-38)50-37(42)27-18-14-12-15-19-27/h12-26,29-36,38-39H,1-11H3. The van der Waals surface area contributed by atoms with Gasteiger partial charge in [-0.05, 0) is 72.7 Å². The zero-order valence-corrected chi connectivity index (χ0v) is 34.1. The van der Waals surface area contributed by atoms with Crippen LogP contribution in [0.4, 0.5) is 0 Å². The predicted octanol–water partition coefficient (Wildman–Crippen LogP) is 6.08. The Kier molecular flexibility index (Phi) is 14.6. The van der Waals surface area contributed by atoms with Gasteiger partial charge in [0.15, 0.2) is 24.8 Å². The van der Waals surface area contributed by atoms with E-state index in [-0.39, 0.29) is 24.2 Å². The Hall–Kier alpha value is -2.59. The lowest BCUT2D eigenvalue weighted by Gasteiger charge is -2.50. The van der Waals surface area contributed by atoms with Crippen molar-refractivity contribution in [3.63, 3.8) is 0 Å². The topological polar surface area (TPSA) is 126 Å². The Morgan fingerprint density at radius 1 is 0.574 bits per heavy atom. The van der Waals surface area contributed by atoms with Crippen LogP contribution in [-0.4, -0.2) is 118 Å². The average Bonchev–Trinajstić information content (AvgIpc) is 3.14. The summed E-state index contributed by atoms with van der Waals surface area (Å²) in [6.07, 6.45) is -8.46. The van der Waals surface area contributed by atoms with Crippen LogP contribution < -0.4 is 0 Å². The first-order valence-electron chi connectivity index (χ1n) is 18.7. The minimum Gasteiger partial charge on any atom is -0.454 e. The van der Waals surface area contributed by atoms with E-state index in [9.17, 15) is 9.59 Å². The van der Waals surface area contributed by atoms with Gasteiger partial charge in [-0.25, -0.2) is 4.79 Å². The van der Waals surface area contributed by atoms with Crippen molar-refractivity contribution in [3.8, 4) is 0 Å². The maximum atomic E-state index is 13.5. The van der Waals surface area contributed by atoms with Crippen molar-refractivity contribution in [2.24, 2.45) is 11.3 Å². The van der Waals surface area contributed by atoms with E-state index in [4.69, 9.17) is 47.4 Å². The van der Waals surface area contributed by atoms with Crippen LogP contribution in [0.15, 0.2) is 65.6 Å². The molecule has 15 unspecified atom stereocenters. The summed E-state index contributed by atoms with van der Waals surface area (Å²) in [5.41, 5.74) is -0.499. The van der Waals surface area contributed by atoms with Gasteiger partial charge in [-0.3, -0.25) is 4.79 Å². The molecule has 5 rings (SSSR count). The molecule has 3 aliphatic rings. The van der Waals surface area contributed by atoms with Crippen molar-refractivity contribution in [3.05, 3.63) is 66.2 Å². The van der Waals surface area contributed by atoms with Crippen LogP contribution in [0.25, 0.3) is 0 Å². The Balaban J connectivity index is 1.45. The third-order valence-corrected chi connectivity index (χ3v) is 11.8. The molecule has 0 radical (unpaired) electrons. The number of hydrogen-bond acceptors (Lipinski definition) is 13. The van der Waals surface area contributed by atoms with Crippen molar-refractivity contribution < 1.29 is 57.0 Å². The van der Waals surface area contributed by atoms with Crippen LogP contribution in [0.1, 0.15) is 65.7 Å². The first-order valence-corrected chi connectivity index (χ1v) is 19.6. The number of esters is 2. The first kappa shape index (κ1) is 42.6. The minimum atomic E-state index is -1.15. The molecule has 3 fully saturated rings. The Morgan fingerprint density at radius 2 is 1.09 bits per heavy atom. The molecule has 13 heteroatoms. The molecular weight excluding hydrogens is 717 g/mol. The predicted molar refractivity (Wildman–Crippen MR) is 201 cm³/mol. The highest BCUT2D eigenvalue weighted by Crippen LogP contribution is 2.42. The lowest BCUT2D eigenvalue weighted by atomic mass is 9.89. The smallest absolute Gasteiger partial charge is 0.338 e. The van der Waals surface area contributed by atoms with E-state index in [1.54, 1.807) is 77.9 Å². The highest BCUT2D eigenvalue weighted by atomic mass is 32.2. The summed E-state index contributed by atoms with van der Waals surface area (Å²) < 4.78 is 63.5. The molecule has 300 valence electrons. The van der Waals surface area contributed by atoms with E-state index in [1.807, 2.05) is 57.2 Å². The van der Waals surface area contributed by atoms with Crippen molar-refractivity contribution >= 4 is 23.7 Å². The van der Waals surface area contributed by atoms with Gasteiger partial charge < -0.3 is 47.4 Å². The van der Waals surface area contributed by atoms with Gasteiger partial charge in [0.05, 0.1) is 46.7 Å². The van der Waals surface area contributed by atoms with Crippen LogP contribution in [0, 0.1) is 11.3 Å². The first-order chi connectivity index (χ1) is 25.7. The molecule has 0 amide bonds. The maximum absolute atomic E-state index is 13.5. The van der Waals surface area contributed by atoms with E-state index in [2.05, 4.69) is 6.92 Å². The summed E-state index contributed by atoms with van der Waals surface area (Å²) in [5.74, 6) is -0.984. The van der Waals surface area contributed by atoms with Gasteiger partial charge >= 0.3 is 11.9 Å². The second kappa shape index (κ2) is 18.6. The number of thioether (sulfide) groups is 1. The highest BCUT2D eigenvalue weighted by Gasteiger charge is 2.55. The average molecular weight is 775 g/mol. The summed E-state index contributed by atoms with van der Waals surface area (Å²) in [6.45, 7) is 15.0. The molecule has 12 nitrogen and oxygen atoms in total. The van der Waals surface area contributed by atoms with E-state index >= 15 is 0 Å². The largest absolute Gasteiger partial charge is 0.454 e. The number of carbonyl (C=O) groups excluding carboxylic acids is 2. The van der Waals surface area contributed by atoms with Gasteiger partial charge in [-0.2, -0.15) is 0 Å². The maximum Gasteiger partial charge on any atom is 0.338 e. The van der Waals surface area contributed by atoms with Gasteiger partial charge in [-0.1, -0.05) is 43.3 Å². The van der Waals surface area contributed by atoms with Gasteiger partial charge in [-0.15, -0.1) is 11.8 Å². The Morgan fingerprint density at radius 3 is 1.69 bits per heavy atom. The molecule has 54 heavy (non-hydrogen) atoms. The van der Waals surface area contributed by atoms with Crippen molar-refractivity contribution in [2.75, 3.05) is 21.3 Å². The van der Waals surface area contributed by atoms with Crippen LogP contribution in [0.3, 0.4) is 0 Å². The van der Waals surface area contributed by atoms with Crippen LogP contribution in [-0.2, 0) is 52.2 Å². The molecule has 0 saturated carbocycles. The third-order valence-electron chi connectivity index (χ3n) is 10.5. The SMILES string of the molecule is COC1C(C)C(C)OC(C)C1OC1OC(C)C(OC2OC(C)C(OC(=O)c3ccccc3)C(OC)C2OC(=O)C(C)(C)C)C(OC)C1Sc1ccccc1. The zero-order valence-electron chi connectivity index (χ0n) is 33.2. The van der Waals surface area contributed by atoms with Crippen LogP contribution in [0.5, 0.6) is 0 Å². The highest BCUT2D eigenvalue weighted by molar-refractivity contribution is 8.00. The molecule has 3 aliphatic heterocycles. The number of ether oxygens (including phenoxy) is 10. The number of rotatable bonds is 12. The Labute approximate surface area is 324 Å². The zero-order chi connectivity index (χ0) is 39.3. The molecular formula is C41H58O12S. The molecule has 0 N–H and O–H groups in total. The van der Waals surface area contributed by atoms with Gasteiger partial charge in [0.2, 0.25) is 0 Å². The van der Waals surface area contributed by atoms with Crippen molar-refractivity contribution in [2.45, 2.75) is 145 Å². The monoisotopic (exact) mass is 774 g/mol. The number of carbonyl (C=O) groups is 2. The minimum absolute atomic E-state index is 0.00871. The molecule has 15 atom stereocenters. The van der Waals surface area contributed by atoms with E-state index in [0.717, 1.165) is 4.90 Å². The van der Waals surface area contributed by atoms with E-state index < -0.39 is 84.0 Å². The lowest BCUT2D eigenvalue weighted by Crippen LogP contribution is -2.65. The molecule has 2 aromatic rings. The summed E-state index contributed by atoms with van der Waals surface area (Å²) in [4.78, 5) is 27.7. The van der Waals surface area contributed by atoms with E-state index in [1.165, 1.54) is 7.11 Å². The molecule has 0 aromatic heterocycles. The number of hydrogen-bond donors (Lipinski definition) is 0. The molecule has 3 saturated heterocycles. The number of benzene rings is 2. The number of methoxy groups -OCH3 is 3. The van der Waals surface area contributed by atoms with E-state index in [0.29, 0.717) is 5.56 Å². The lowest BCUT2D eigenvalue weighted by molar-refractivity contribution is -0.348. The molecule has 0 spiro atoms. The molecule has 0 bridgehead atoms. The fourth-order valence-electron chi connectivity index (χ4n) is 7.24. The quantitative estimate of drug-likeness (QED) is 0.232. The van der Waals surface area contributed by atoms with Gasteiger partial charge in [0.1, 0.15) is 24.4 Å². The molecule has 3 heterocycles. The van der Waals surface area contributed by atoms with Gasteiger partial charge in [0, 0.05) is 32.1 Å². The summed E-state index contributed by atoms with van der Waals surface area (Å²) in [5, 5.41) is -0.438. The van der Waals surface area contributed by atoms with Gasteiger partial charge in [0.25, 0.3) is 0 Å². The second-order valence-electron chi connectivity index (χ2n) is 15.4. The molecule has 2 aromatic carbocycles. The normalized spacial score (nSPS) is 37.4. The van der Waals surface area contributed by atoms with Crippen molar-refractivity contribution in [1.82, 2.24) is 0 Å². The third kappa shape index (κ3) is 9.67. The molecule has 0 aliphatic carbocycles. The van der Waals surface area contributed by atoms with Crippen LogP contribution >= 0.6 is 11.8 Å². The summed E-state index contributed by atoms with van der Waals surface area (Å²) in [6, 6.07) is 18.6. The fourth-order valence-corrected chi connectivity index (χ4v) is 8.51. The Bertz CT molecular complexity index is 1490. The van der Waals surface area contributed by atoms with Crippen molar-refractivity contribution in [1.29, 1.82) is 0 Å².